The molecular weight excluding hydrogens is 376 g/mol. The zero-order valence-electron chi connectivity index (χ0n) is 16.7. The third-order valence-electron chi connectivity index (χ3n) is 4.79. The van der Waals surface area contributed by atoms with Crippen molar-refractivity contribution in [3.05, 3.63) is 65.4 Å². The Hall–Kier alpha value is -3.48. The number of carbonyl (C=O) groups excluding carboxylic acids is 2. The summed E-state index contributed by atoms with van der Waals surface area (Å²) in [4.78, 5) is 25.5. The van der Waals surface area contributed by atoms with E-state index in [1.54, 1.807) is 62.8 Å². The van der Waals surface area contributed by atoms with Gasteiger partial charge in [0.25, 0.3) is 0 Å². The second-order valence-corrected chi connectivity index (χ2v) is 6.37. The van der Waals surface area contributed by atoms with Crippen LogP contribution in [-0.2, 0) is 30.2 Å². The van der Waals surface area contributed by atoms with E-state index in [4.69, 9.17) is 23.7 Å². The molecule has 7 heteroatoms. The first kappa shape index (κ1) is 20.3. The highest BCUT2D eigenvalue weighted by atomic mass is 16.6. The monoisotopic (exact) mass is 398 g/mol. The fourth-order valence-electron chi connectivity index (χ4n) is 3.38. The van der Waals surface area contributed by atoms with E-state index >= 15 is 0 Å². The van der Waals surface area contributed by atoms with Crippen molar-refractivity contribution >= 4 is 17.5 Å². The molecule has 3 rings (SSSR count). The molecular formula is C22H22O7. The number of hydrogen-bond donors (Lipinski definition) is 0. The summed E-state index contributed by atoms with van der Waals surface area (Å²) in [5.74, 6) is -0.143. The van der Waals surface area contributed by atoms with E-state index in [0.29, 0.717) is 22.6 Å². The van der Waals surface area contributed by atoms with Crippen molar-refractivity contribution in [3.8, 4) is 11.5 Å². The third-order valence-corrected chi connectivity index (χ3v) is 4.79. The van der Waals surface area contributed by atoms with Gasteiger partial charge in [0.05, 0.1) is 34.0 Å². The molecule has 0 bridgehead atoms. The first-order valence-corrected chi connectivity index (χ1v) is 8.87. The fourth-order valence-corrected chi connectivity index (χ4v) is 3.38. The predicted octanol–water partition coefficient (Wildman–Crippen LogP) is 2.77. The number of ether oxygens (including phenoxy) is 5. The molecule has 0 N–H and O–H groups in total. The van der Waals surface area contributed by atoms with Crippen LogP contribution in [0.4, 0.5) is 0 Å². The van der Waals surface area contributed by atoms with Crippen LogP contribution in [0.15, 0.2) is 54.3 Å². The fraction of sp³-hybridized carbons (Fsp3) is 0.273. The summed E-state index contributed by atoms with van der Waals surface area (Å²) in [7, 11) is 5.74. The normalized spacial score (nSPS) is 18.3. The number of rotatable bonds is 7. The lowest BCUT2D eigenvalue weighted by molar-refractivity contribution is -0.169. The Labute approximate surface area is 168 Å². The van der Waals surface area contributed by atoms with Gasteiger partial charge in [-0.15, -0.1) is 0 Å². The van der Waals surface area contributed by atoms with Crippen LogP contribution in [0.2, 0.25) is 0 Å². The molecule has 1 atom stereocenters. The zero-order chi connectivity index (χ0) is 21.0. The minimum Gasteiger partial charge on any atom is -0.497 e. The van der Waals surface area contributed by atoms with Gasteiger partial charge in [0.1, 0.15) is 11.5 Å². The molecule has 0 amide bonds. The highest BCUT2D eigenvalue weighted by Crippen LogP contribution is 2.43. The Balaban J connectivity index is 2.14. The van der Waals surface area contributed by atoms with Gasteiger partial charge in [0, 0.05) is 6.42 Å². The molecule has 1 aliphatic heterocycles. The molecule has 1 heterocycles. The van der Waals surface area contributed by atoms with E-state index < -0.39 is 17.5 Å². The highest BCUT2D eigenvalue weighted by molar-refractivity contribution is 6.11. The molecule has 29 heavy (non-hydrogen) atoms. The molecule has 0 saturated heterocycles. The first-order valence-electron chi connectivity index (χ1n) is 8.87. The van der Waals surface area contributed by atoms with Gasteiger partial charge in [0.2, 0.25) is 11.4 Å². The minimum atomic E-state index is -1.68. The lowest BCUT2D eigenvalue weighted by atomic mass is 9.83. The van der Waals surface area contributed by atoms with Gasteiger partial charge in [-0.05, 0) is 35.4 Å². The Kier molecular flexibility index (Phi) is 5.77. The maximum Gasteiger partial charge on any atom is 0.375 e. The maximum absolute atomic E-state index is 12.9. The predicted molar refractivity (Wildman–Crippen MR) is 104 cm³/mol. The number of hydrogen-bond acceptors (Lipinski definition) is 7. The Bertz CT molecular complexity index is 929. The highest BCUT2D eigenvalue weighted by Gasteiger charge is 2.56. The molecule has 152 valence electrons. The van der Waals surface area contributed by atoms with Gasteiger partial charge in [-0.25, -0.2) is 9.59 Å². The molecule has 1 unspecified atom stereocenters. The molecule has 0 radical (unpaired) electrons. The van der Waals surface area contributed by atoms with Crippen molar-refractivity contribution in [2.75, 3.05) is 28.4 Å². The van der Waals surface area contributed by atoms with Crippen molar-refractivity contribution in [1.29, 1.82) is 0 Å². The molecule has 2 aromatic rings. The molecule has 0 saturated carbocycles. The third kappa shape index (κ3) is 3.63. The van der Waals surface area contributed by atoms with E-state index in [1.807, 2.05) is 0 Å². The number of methoxy groups -OCH3 is 4. The Morgan fingerprint density at radius 1 is 0.862 bits per heavy atom. The number of carbonyl (C=O) groups is 2. The molecule has 0 spiro atoms. The van der Waals surface area contributed by atoms with Gasteiger partial charge < -0.3 is 23.7 Å². The van der Waals surface area contributed by atoms with Crippen molar-refractivity contribution < 1.29 is 33.3 Å². The van der Waals surface area contributed by atoms with Crippen LogP contribution in [0, 0.1) is 0 Å². The van der Waals surface area contributed by atoms with Crippen molar-refractivity contribution in [2.45, 2.75) is 12.0 Å². The largest absolute Gasteiger partial charge is 0.497 e. The topological polar surface area (TPSA) is 80.3 Å². The summed E-state index contributed by atoms with van der Waals surface area (Å²) >= 11 is 0. The van der Waals surface area contributed by atoms with Crippen LogP contribution >= 0.6 is 0 Å². The Morgan fingerprint density at radius 2 is 1.41 bits per heavy atom. The van der Waals surface area contributed by atoms with Crippen LogP contribution in [0.5, 0.6) is 11.5 Å². The maximum atomic E-state index is 12.9. The molecule has 0 aromatic heterocycles. The smallest absolute Gasteiger partial charge is 0.375 e. The van der Waals surface area contributed by atoms with Gasteiger partial charge in [0.15, 0.2) is 0 Å². The van der Waals surface area contributed by atoms with Crippen LogP contribution in [0.3, 0.4) is 0 Å². The first-order chi connectivity index (χ1) is 14.0. The van der Waals surface area contributed by atoms with Crippen molar-refractivity contribution in [3.63, 3.8) is 0 Å². The average Bonchev–Trinajstić information content (AvgIpc) is 3.05. The van der Waals surface area contributed by atoms with E-state index in [9.17, 15) is 9.59 Å². The van der Waals surface area contributed by atoms with E-state index in [0.717, 1.165) is 5.56 Å². The summed E-state index contributed by atoms with van der Waals surface area (Å²) in [5, 5.41) is 0. The standard InChI is InChI=1S/C22H22O7/c1-25-16-9-5-14(6-10-16)13-22(21(24)28-4)18(19(27-3)20(23)29-22)15-7-11-17(26-2)12-8-15/h5-12H,13H2,1-4H3. The van der Waals surface area contributed by atoms with Gasteiger partial charge in [-0.3, -0.25) is 0 Å². The van der Waals surface area contributed by atoms with Crippen LogP contribution in [0.25, 0.3) is 5.57 Å². The summed E-state index contributed by atoms with van der Waals surface area (Å²) in [6, 6.07) is 14.1. The minimum absolute atomic E-state index is 0.0333. The Morgan fingerprint density at radius 3 is 1.90 bits per heavy atom. The van der Waals surface area contributed by atoms with Gasteiger partial charge in [-0.2, -0.15) is 0 Å². The van der Waals surface area contributed by atoms with E-state index in [-0.39, 0.29) is 12.2 Å². The molecule has 0 aliphatic carbocycles. The molecule has 1 aliphatic rings. The zero-order valence-corrected chi connectivity index (χ0v) is 16.7. The summed E-state index contributed by atoms with van der Waals surface area (Å²) in [5.41, 5.74) is -0.0181. The van der Waals surface area contributed by atoms with Crippen LogP contribution in [-0.4, -0.2) is 46.0 Å². The summed E-state index contributed by atoms with van der Waals surface area (Å²) < 4.78 is 26.3. The lowest BCUT2D eigenvalue weighted by Crippen LogP contribution is -2.44. The molecule has 7 nitrogen and oxygen atoms in total. The quantitative estimate of drug-likeness (QED) is 0.664. The van der Waals surface area contributed by atoms with Crippen molar-refractivity contribution in [1.82, 2.24) is 0 Å². The van der Waals surface area contributed by atoms with Crippen LogP contribution in [0.1, 0.15) is 11.1 Å². The summed E-state index contributed by atoms with van der Waals surface area (Å²) in [6.07, 6.45) is 0.0730. The van der Waals surface area contributed by atoms with Gasteiger partial charge in [-0.1, -0.05) is 24.3 Å². The number of benzene rings is 2. The van der Waals surface area contributed by atoms with Crippen molar-refractivity contribution in [2.24, 2.45) is 0 Å². The molecule has 2 aromatic carbocycles. The van der Waals surface area contributed by atoms with E-state index in [2.05, 4.69) is 0 Å². The number of esters is 2. The second kappa shape index (κ2) is 8.26. The summed E-state index contributed by atoms with van der Waals surface area (Å²) in [6.45, 7) is 0. The molecule has 0 fully saturated rings. The van der Waals surface area contributed by atoms with Gasteiger partial charge >= 0.3 is 11.9 Å². The number of cyclic esters (lactones) is 1. The lowest BCUT2D eigenvalue weighted by Gasteiger charge is -2.28. The second-order valence-electron chi connectivity index (χ2n) is 6.37. The SMILES string of the molecule is COC(=O)C1(Cc2ccc(OC)cc2)OC(=O)C(OC)=C1c1ccc(OC)cc1. The average molecular weight is 398 g/mol. The van der Waals surface area contributed by atoms with E-state index in [1.165, 1.54) is 14.2 Å². The van der Waals surface area contributed by atoms with Crippen LogP contribution < -0.4 is 9.47 Å².